The molecule has 0 aliphatic carbocycles. The van der Waals surface area contributed by atoms with Crippen LogP contribution < -0.4 is 5.73 Å². The van der Waals surface area contributed by atoms with Gasteiger partial charge in [-0.05, 0) is 12.0 Å². The van der Waals surface area contributed by atoms with Crippen LogP contribution in [0.3, 0.4) is 0 Å². The lowest BCUT2D eigenvalue weighted by Gasteiger charge is -2.08. The summed E-state index contributed by atoms with van der Waals surface area (Å²) in [5, 5.41) is 10.4. The first kappa shape index (κ1) is 12.1. The highest BCUT2D eigenvalue weighted by Gasteiger charge is 2.14. The molecule has 1 rings (SSSR count). The Hall–Kier alpha value is -1.95. The predicted octanol–water partition coefficient (Wildman–Crippen LogP) is 0.638. The Kier molecular flexibility index (Phi) is 3.96. The number of hydrogen-bond donors (Lipinski definition) is 1. The van der Waals surface area contributed by atoms with E-state index >= 15 is 0 Å². The van der Waals surface area contributed by atoms with E-state index in [4.69, 9.17) is 5.73 Å². The van der Waals surface area contributed by atoms with Crippen molar-refractivity contribution < 1.29 is 14.5 Å². The second-order valence-electron chi connectivity index (χ2n) is 3.26. The molecule has 1 aromatic rings. The number of benzene rings is 1. The number of esters is 1. The number of non-ortho nitro benzene ring substituents is 1. The van der Waals surface area contributed by atoms with Crippen LogP contribution in [-0.4, -0.2) is 24.0 Å². The lowest BCUT2D eigenvalue weighted by molar-refractivity contribution is -0.384. The fourth-order valence-corrected chi connectivity index (χ4v) is 1.24. The number of nitrogens with two attached hydrogens (primary N) is 1. The quantitative estimate of drug-likeness (QED) is 0.460. The van der Waals surface area contributed by atoms with Gasteiger partial charge in [-0.25, -0.2) is 0 Å². The minimum atomic E-state index is -0.744. The van der Waals surface area contributed by atoms with Gasteiger partial charge in [0, 0.05) is 12.1 Å². The van der Waals surface area contributed by atoms with E-state index < -0.39 is 16.9 Å². The van der Waals surface area contributed by atoms with Crippen LogP contribution in [0.5, 0.6) is 0 Å². The molecule has 6 nitrogen and oxygen atoms in total. The topological polar surface area (TPSA) is 95.5 Å². The van der Waals surface area contributed by atoms with E-state index in [0.29, 0.717) is 6.42 Å². The van der Waals surface area contributed by atoms with Crippen LogP contribution in [0.2, 0.25) is 0 Å². The van der Waals surface area contributed by atoms with Gasteiger partial charge in [0.25, 0.3) is 5.69 Å². The summed E-state index contributed by atoms with van der Waals surface area (Å²) >= 11 is 0. The second-order valence-corrected chi connectivity index (χ2v) is 3.26. The lowest BCUT2D eigenvalue weighted by atomic mass is 10.1. The first-order chi connectivity index (χ1) is 7.54. The molecule has 0 saturated heterocycles. The molecule has 0 aliphatic heterocycles. The number of hydrogen-bond acceptors (Lipinski definition) is 5. The first-order valence-electron chi connectivity index (χ1n) is 4.61. The third-order valence-electron chi connectivity index (χ3n) is 2.11. The molecule has 0 fully saturated rings. The van der Waals surface area contributed by atoms with E-state index in [9.17, 15) is 14.9 Å². The average molecular weight is 224 g/mol. The molecular weight excluding hydrogens is 212 g/mol. The zero-order chi connectivity index (χ0) is 12.1. The summed E-state index contributed by atoms with van der Waals surface area (Å²) in [6, 6.07) is 5.15. The maximum absolute atomic E-state index is 11.0. The SMILES string of the molecule is COC(=O)[C@@H](N)Cc1ccc([N+](=O)[O-])cc1. The minimum absolute atomic E-state index is 0.00962. The summed E-state index contributed by atoms with van der Waals surface area (Å²) in [6.07, 6.45) is 0.296. The Labute approximate surface area is 92.2 Å². The highest BCUT2D eigenvalue weighted by atomic mass is 16.6. The summed E-state index contributed by atoms with van der Waals surface area (Å²) in [4.78, 5) is 20.9. The van der Waals surface area contributed by atoms with Gasteiger partial charge in [0.1, 0.15) is 6.04 Å². The number of nitro groups is 1. The fourth-order valence-electron chi connectivity index (χ4n) is 1.24. The molecule has 1 atom stereocenters. The maximum atomic E-state index is 11.0. The van der Waals surface area contributed by atoms with E-state index in [2.05, 4.69) is 4.74 Å². The van der Waals surface area contributed by atoms with Gasteiger partial charge in [-0.3, -0.25) is 14.9 Å². The molecular formula is C10H12N2O4. The van der Waals surface area contributed by atoms with Gasteiger partial charge in [0.15, 0.2) is 0 Å². The maximum Gasteiger partial charge on any atom is 0.322 e. The molecule has 0 amide bonds. The van der Waals surface area contributed by atoms with E-state index in [1.54, 1.807) is 12.1 Å². The number of carbonyl (C=O) groups is 1. The molecule has 0 heterocycles. The van der Waals surface area contributed by atoms with E-state index in [1.807, 2.05) is 0 Å². The average Bonchev–Trinajstić information content (AvgIpc) is 2.28. The molecule has 0 aromatic heterocycles. The van der Waals surface area contributed by atoms with E-state index in [1.165, 1.54) is 19.2 Å². The molecule has 0 bridgehead atoms. The largest absolute Gasteiger partial charge is 0.468 e. The molecule has 0 saturated carbocycles. The highest BCUT2D eigenvalue weighted by Crippen LogP contribution is 2.12. The Morgan fingerprint density at radius 1 is 1.50 bits per heavy atom. The Bertz CT molecular complexity index is 388. The van der Waals surface area contributed by atoms with Crippen LogP contribution in [0, 0.1) is 10.1 Å². The van der Waals surface area contributed by atoms with Gasteiger partial charge in [-0.15, -0.1) is 0 Å². The van der Waals surface area contributed by atoms with Gasteiger partial charge in [0.2, 0.25) is 0 Å². The third-order valence-corrected chi connectivity index (χ3v) is 2.11. The Morgan fingerprint density at radius 2 is 2.06 bits per heavy atom. The monoisotopic (exact) mass is 224 g/mol. The van der Waals surface area contributed by atoms with Crippen molar-refractivity contribution in [3.63, 3.8) is 0 Å². The summed E-state index contributed by atoms with van der Waals surface area (Å²) in [6.45, 7) is 0. The van der Waals surface area contributed by atoms with Crippen LogP contribution in [0.4, 0.5) is 5.69 Å². The summed E-state index contributed by atoms with van der Waals surface area (Å²) < 4.78 is 4.47. The molecule has 0 radical (unpaired) electrons. The first-order valence-corrected chi connectivity index (χ1v) is 4.61. The highest BCUT2D eigenvalue weighted by molar-refractivity contribution is 5.75. The predicted molar refractivity (Wildman–Crippen MR) is 56.8 cm³/mol. The van der Waals surface area contributed by atoms with Crippen molar-refractivity contribution in [1.29, 1.82) is 0 Å². The number of nitro benzene ring substituents is 1. The number of rotatable bonds is 4. The molecule has 0 unspecified atom stereocenters. The van der Waals surface area contributed by atoms with Crippen LogP contribution in [0.15, 0.2) is 24.3 Å². The zero-order valence-corrected chi connectivity index (χ0v) is 8.75. The van der Waals surface area contributed by atoms with Crippen molar-refractivity contribution in [1.82, 2.24) is 0 Å². The van der Waals surface area contributed by atoms with Crippen LogP contribution in [0.1, 0.15) is 5.56 Å². The van der Waals surface area contributed by atoms with Crippen molar-refractivity contribution in [2.24, 2.45) is 5.73 Å². The molecule has 0 spiro atoms. The van der Waals surface area contributed by atoms with Gasteiger partial charge >= 0.3 is 5.97 Å². The van der Waals surface area contributed by atoms with Crippen LogP contribution >= 0.6 is 0 Å². The molecule has 86 valence electrons. The van der Waals surface area contributed by atoms with Crippen molar-refractivity contribution in [3.8, 4) is 0 Å². The summed E-state index contributed by atoms with van der Waals surface area (Å²) in [5.74, 6) is -0.502. The van der Waals surface area contributed by atoms with Gasteiger partial charge < -0.3 is 10.5 Å². The van der Waals surface area contributed by atoms with Crippen molar-refractivity contribution in [2.45, 2.75) is 12.5 Å². The standard InChI is InChI=1S/C10H12N2O4/c1-16-10(13)9(11)6-7-2-4-8(5-3-7)12(14)15/h2-5,9H,6,11H2,1H3/t9-/m0/s1. The van der Waals surface area contributed by atoms with E-state index in [-0.39, 0.29) is 5.69 Å². The molecule has 2 N–H and O–H groups in total. The number of nitrogens with zero attached hydrogens (tertiary/aromatic N) is 1. The molecule has 16 heavy (non-hydrogen) atoms. The number of carbonyl (C=O) groups excluding carboxylic acids is 1. The van der Waals surface area contributed by atoms with Gasteiger partial charge in [0.05, 0.1) is 12.0 Å². The zero-order valence-electron chi connectivity index (χ0n) is 8.75. The van der Waals surface area contributed by atoms with Crippen LogP contribution in [-0.2, 0) is 16.0 Å². The summed E-state index contributed by atoms with van der Waals surface area (Å²) in [5.41, 5.74) is 6.31. The van der Waals surface area contributed by atoms with E-state index in [0.717, 1.165) is 5.56 Å². The molecule has 0 aliphatic rings. The normalized spacial score (nSPS) is 11.9. The lowest BCUT2D eigenvalue weighted by Crippen LogP contribution is -2.33. The third kappa shape index (κ3) is 3.03. The van der Waals surface area contributed by atoms with Crippen LogP contribution in [0.25, 0.3) is 0 Å². The van der Waals surface area contributed by atoms with Crippen molar-refractivity contribution >= 4 is 11.7 Å². The number of methoxy groups -OCH3 is 1. The molecule has 1 aromatic carbocycles. The minimum Gasteiger partial charge on any atom is -0.468 e. The summed E-state index contributed by atoms with van der Waals surface area (Å²) in [7, 11) is 1.26. The number of ether oxygens (including phenoxy) is 1. The second kappa shape index (κ2) is 5.22. The van der Waals surface area contributed by atoms with Gasteiger partial charge in [-0.1, -0.05) is 12.1 Å². The van der Waals surface area contributed by atoms with Crippen molar-refractivity contribution in [3.05, 3.63) is 39.9 Å². The molecule has 6 heteroatoms. The Morgan fingerprint density at radius 3 is 2.50 bits per heavy atom. The smallest absolute Gasteiger partial charge is 0.322 e. The Balaban J connectivity index is 2.68. The fraction of sp³-hybridized carbons (Fsp3) is 0.300. The van der Waals surface area contributed by atoms with Crippen molar-refractivity contribution in [2.75, 3.05) is 7.11 Å². The van der Waals surface area contributed by atoms with Gasteiger partial charge in [-0.2, -0.15) is 0 Å².